The van der Waals surface area contributed by atoms with Gasteiger partial charge in [0.2, 0.25) is 0 Å². The summed E-state index contributed by atoms with van der Waals surface area (Å²) < 4.78 is 5.29. The van der Waals surface area contributed by atoms with Gasteiger partial charge in [0.15, 0.2) is 5.13 Å². The smallest absolute Gasteiger partial charge is 0.185 e. The maximum absolute atomic E-state index is 9.27. The number of hydrogen-bond donors (Lipinski definition) is 1. The van der Waals surface area contributed by atoms with Gasteiger partial charge >= 0.3 is 0 Å². The number of aliphatic hydroxyl groups excluding tert-OH is 1. The molecule has 5 heteroatoms. The fourth-order valence-corrected chi connectivity index (χ4v) is 2.67. The Labute approximate surface area is 93.5 Å². The molecule has 0 aromatic carbocycles. The second-order valence-corrected chi connectivity index (χ2v) is 4.86. The van der Waals surface area contributed by atoms with Gasteiger partial charge in [-0.05, 0) is 6.92 Å². The van der Waals surface area contributed by atoms with Gasteiger partial charge in [0.1, 0.15) is 0 Å². The van der Waals surface area contributed by atoms with E-state index in [9.17, 15) is 5.11 Å². The van der Waals surface area contributed by atoms with Crippen LogP contribution < -0.4 is 4.90 Å². The second kappa shape index (κ2) is 4.92. The molecule has 0 bridgehead atoms. The average Bonchev–Trinajstić information content (AvgIpc) is 2.67. The van der Waals surface area contributed by atoms with Crippen molar-refractivity contribution in [3.05, 3.63) is 11.1 Å². The molecule has 0 amide bonds. The number of aromatic nitrogens is 1. The number of anilines is 1. The van der Waals surface area contributed by atoms with Crippen molar-refractivity contribution in [2.45, 2.75) is 19.4 Å². The lowest BCUT2D eigenvalue weighted by Gasteiger charge is -2.25. The molecule has 15 heavy (non-hydrogen) atoms. The monoisotopic (exact) mass is 228 g/mol. The molecule has 1 aliphatic heterocycles. The summed E-state index contributed by atoms with van der Waals surface area (Å²) in [4.78, 5) is 7.75. The van der Waals surface area contributed by atoms with E-state index in [1.807, 2.05) is 6.20 Å². The Kier molecular flexibility index (Phi) is 3.56. The molecule has 1 saturated heterocycles. The van der Waals surface area contributed by atoms with Gasteiger partial charge in [-0.3, -0.25) is 0 Å². The summed E-state index contributed by atoms with van der Waals surface area (Å²) in [6.07, 6.45) is 2.27. The fourth-order valence-electron chi connectivity index (χ4n) is 1.58. The lowest BCUT2D eigenvalue weighted by Crippen LogP contribution is -2.36. The molecule has 84 valence electrons. The van der Waals surface area contributed by atoms with Crippen LogP contribution in [0.4, 0.5) is 5.13 Å². The third kappa shape index (κ3) is 2.90. The molecular formula is C10H16N2O2S. The van der Waals surface area contributed by atoms with Crippen LogP contribution in [0.5, 0.6) is 0 Å². The summed E-state index contributed by atoms with van der Waals surface area (Å²) in [5.74, 6) is 0. The zero-order valence-electron chi connectivity index (χ0n) is 8.85. The van der Waals surface area contributed by atoms with E-state index in [1.54, 1.807) is 18.3 Å². The van der Waals surface area contributed by atoms with Crippen LogP contribution in [0.25, 0.3) is 0 Å². The quantitative estimate of drug-likeness (QED) is 0.835. The van der Waals surface area contributed by atoms with Crippen LogP contribution in [0.2, 0.25) is 0 Å². The summed E-state index contributed by atoms with van der Waals surface area (Å²) in [7, 11) is 0. The Morgan fingerprint density at radius 1 is 1.60 bits per heavy atom. The van der Waals surface area contributed by atoms with Crippen molar-refractivity contribution >= 4 is 16.5 Å². The van der Waals surface area contributed by atoms with Crippen molar-refractivity contribution in [1.82, 2.24) is 4.98 Å². The lowest BCUT2D eigenvalue weighted by atomic mass is 10.3. The highest BCUT2D eigenvalue weighted by Gasteiger charge is 2.14. The molecule has 1 fully saturated rings. The Hall–Kier alpha value is -0.650. The van der Waals surface area contributed by atoms with Gasteiger partial charge < -0.3 is 14.7 Å². The minimum atomic E-state index is -0.289. The highest BCUT2D eigenvalue weighted by molar-refractivity contribution is 7.15. The Morgan fingerprint density at radius 3 is 3.00 bits per heavy atom. The average molecular weight is 228 g/mol. The van der Waals surface area contributed by atoms with E-state index in [-0.39, 0.29) is 6.10 Å². The van der Waals surface area contributed by atoms with E-state index in [0.717, 1.165) is 36.3 Å². The van der Waals surface area contributed by atoms with E-state index in [2.05, 4.69) is 9.88 Å². The van der Waals surface area contributed by atoms with Crippen molar-refractivity contribution in [1.29, 1.82) is 0 Å². The van der Waals surface area contributed by atoms with E-state index in [4.69, 9.17) is 4.74 Å². The van der Waals surface area contributed by atoms with Gasteiger partial charge in [-0.1, -0.05) is 0 Å². The van der Waals surface area contributed by atoms with Crippen LogP contribution in [-0.2, 0) is 11.2 Å². The number of thiazole rings is 1. The molecule has 0 spiro atoms. The highest BCUT2D eigenvalue weighted by Crippen LogP contribution is 2.24. The SMILES string of the molecule is CC(O)Cc1cnc(N2CCOCC2)s1. The molecule has 4 nitrogen and oxygen atoms in total. The van der Waals surface area contributed by atoms with E-state index < -0.39 is 0 Å². The third-order valence-corrected chi connectivity index (χ3v) is 3.40. The standard InChI is InChI=1S/C10H16N2O2S/c1-8(13)6-9-7-11-10(15-9)12-2-4-14-5-3-12/h7-8,13H,2-6H2,1H3. The molecule has 0 aliphatic carbocycles. The first kappa shape index (κ1) is 10.9. The maximum Gasteiger partial charge on any atom is 0.185 e. The largest absolute Gasteiger partial charge is 0.393 e. The Morgan fingerprint density at radius 2 is 2.33 bits per heavy atom. The summed E-state index contributed by atoms with van der Waals surface area (Å²) in [6.45, 7) is 5.20. The van der Waals surface area contributed by atoms with Gasteiger partial charge in [-0.15, -0.1) is 11.3 Å². The summed E-state index contributed by atoms with van der Waals surface area (Å²) >= 11 is 1.67. The van der Waals surface area contributed by atoms with E-state index in [1.165, 1.54) is 0 Å². The van der Waals surface area contributed by atoms with Gasteiger partial charge in [0, 0.05) is 30.6 Å². The van der Waals surface area contributed by atoms with Crippen molar-refractivity contribution < 1.29 is 9.84 Å². The summed E-state index contributed by atoms with van der Waals surface area (Å²) in [6, 6.07) is 0. The van der Waals surface area contributed by atoms with Gasteiger partial charge in [0.05, 0.1) is 19.3 Å². The molecule has 1 N–H and O–H groups in total. The van der Waals surface area contributed by atoms with Gasteiger partial charge in [-0.25, -0.2) is 4.98 Å². The summed E-state index contributed by atoms with van der Waals surface area (Å²) in [5.41, 5.74) is 0. The zero-order valence-corrected chi connectivity index (χ0v) is 9.66. The second-order valence-electron chi connectivity index (χ2n) is 3.76. The van der Waals surface area contributed by atoms with Crippen LogP contribution in [0, 0.1) is 0 Å². The minimum absolute atomic E-state index is 0.289. The molecule has 1 aliphatic rings. The van der Waals surface area contributed by atoms with Crippen LogP contribution in [0.1, 0.15) is 11.8 Å². The van der Waals surface area contributed by atoms with Crippen molar-refractivity contribution in [3.63, 3.8) is 0 Å². The zero-order chi connectivity index (χ0) is 10.7. The molecule has 1 atom stereocenters. The number of rotatable bonds is 3. The van der Waals surface area contributed by atoms with Gasteiger partial charge in [-0.2, -0.15) is 0 Å². The van der Waals surface area contributed by atoms with Crippen molar-refractivity contribution in [2.75, 3.05) is 31.2 Å². The molecule has 2 heterocycles. The predicted molar refractivity (Wildman–Crippen MR) is 60.5 cm³/mol. The van der Waals surface area contributed by atoms with Crippen molar-refractivity contribution in [3.8, 4) is 0 Å². The van der Waals surface area contributed by atoms with Gasteiger partial charge in [0.25, 0.3) is 0 Å². The molecular weight excluding hydrogens is 212 g/mol. The third-order valence-electron chi connectivity index (χ3n) is 2.32. The van der Waals surface area contributed by atoms with Crippen LogP contribution in [-0.4, -0.2) is 42.5 Å². The maximum atomic E-state index is 9.27. The predicted octanol–water partition coefficient (Wildman–Crippen LogP) is 0.903. The van der Waals surface area contributed by atoms with Crippen LogP contribution in [0.3, 0.4) is 0 Å². The first-order chi connectivity index (χ1) is 7.25. The summed E-state index contributed by atoms with van der Waals surface area (Å²) in [5, 5.41) is 10.3. The first-order valence-electron chi connectivity index (χ1n) is 5.21. The van der Waals surface area contributed by atoms with E-state index in [0.29, 0.717) is 6.42 Å². The van der Waals surface area contributed by atoms with Crippen molar-refractivity contribution in [2.24, 2.45) is 0 Å². The normalized spacial score (nSPS) is 19.2. The Bertz CT molecular complexity index is 308. The van der Waals surface area contributed by atoms with E-state index >= 15 is 0 Å². The molecule has 0 saturated carbocycles. The number of morpholine rings is 1. The molecule has 2 rings (SSSR count). The molecule has 1 aromatic rings. The number of hydrogen-bond acceptors (Lipinski definition) is 5. The number of ether oxygens (including phenoxy) is 1. The fraction of sp³-hybridized carbons (Fsp3) is 0.700. The lowest BCUT2D eigenvalue weighted by molar-refractivity contribution is 0.122. The molecule has 1 unspecified atom stereocenters. The number of aliphatic hydroxyl groups is 1. The minimum Gasteiger partial charge on any atom is -0.393 e. The number of nitrogens with zero attached hydrogens (tertiary/aromatic N) is 2. The highest BCUT2D eigenvalue weighted by atomic mass is 32.1. The Balaban J connectivity index is 1.99. The van der Waals surface area contributed by atoms with Crippen LogP contribution >= 0.6 is 11.3 Å². The van der Waals surface area contributed by atoms with Crippen LogP contribution in [0.15, 0.2) is 6.20 Å². The molecule has 1 aromatic heterocycles. The topological polar surface area (TPSA) is 45.6 Å². The first-order valence-corrected chi connectivity index (χ1v) is 6.03. The molecule has 0 radical (unpaired) electrons.